The first-order chi connectivity index (χ1) is 13.2. The van der Waals surface area contributed by atoms with Crippen LogP contribution in [0.5, 0.6) is 0 Å². The molecule has 0 bridgehead atoms. The number of carbonyl (C=O) groups excluding carboxylic acids is 1. The van der Waals surface area contributed by atoms with E-state index in [0.717, 1.165) is 23.5 Å². The maximum absolute atomic E-state index is 13.8. The maximum Gasteiger partial charge on any atom is 0.277 e. The Bertz CT molecular complexity index is 937. The third-order valence-electron chi connectivity index (χ3n) is 3.43. The van der Waals surface area contributed by atoms with E-state index in [0.29, 0.717) is 11.4 Å². The average Bonchev–Trinajstić information content (AvgIpc) is 3.21. The predicted molar refractivity (Wildman–Crippen MR) is 99.5 cm³/mol. The highest BCUT2D eigenvalue weighted by Crippen LogP contribution is 2.33. The number of hydrogen-bond donors (Lipinski definition) is 3. The van der Waals surface area contributed by atoms with Gasteiger partial charge in [-0.15, -0.1) is 0 Å². The number of rotatable bonds is 4. The van der Waals surface area contributed by atoms with Crippen LogP contribution in [0.15, 0.2) is 24.4 Å². The van der Waals surface area contributed by atoms with Crippen molar-refractivity contribution >= 4 is 27.9 Å². The number of benzene rings is 1. The molecule has 2 heterocycles. The molecule has 150 valence electrons. The van der Waals surface area contributed by atoms with Crippen LogP contribution < -0.4 is 11.1 Å². The minimum absolute atomic E-state index is 0.00663. The molecule has 3 rings (SSSR count). The zero-order valence-electron chi connectivity index (χ0n) is 14.9. The smallest absolute Gasteiger partial charge is 0.277 e. The second-order valence-electron chi connectivity index (χ2n) is 5.49. The van der Waals surface area contributed by atoms with Gasteiger partial charge in [-0.25, -0.2) is 22.5 Å². The number of nitrogens with one attached hydrogen (secondary N) is 2. The van der Waals surface area contributed by atoms with Gasteiger partial charge in [0.25, 0.3) is 5.91 Å². The molecule has 0 fully saturated rings. The highest BCUT2D eigenvalue weighted by Gasteiger charge is 2.21. The maximum atomic E-state index is 13.8. The van der Waals surface area contributed by atoms with Crippen molar-refractivity contribution in [2.75, 3.05) is 11.1 Å². The highest BCUT2D eigenvalue weighted by molar-refractivity contribution is 7.19. The lowest BCUT2D eigenvalue weighted by molar-refractivity contribution is 0.102. The summed E-state index contributed by atoms with van der Waals surface area (Å²) in [6.07, 6.45) is -0.706. The number of aryl methyl sites for hydroxylation is 1. The standard InChI is InChI=1S/C14H11F2N5OS.C3H6F2/c1-6-9(5-18-21-6)19-13(22)11-12(17)23-14(20-11)10-7(15)3-2-4-8(10)16;1-2-3(4)5/h2-5H,17H2,1H3,(H,18,21)(H,19,22);3H,2H2,1H3. The van der Waals surface area contributed by atoms with E-state index >= 15 is 0 Å². The number of thiazole rings is 1. The van der Waals surface area contributed by atoms with E-state index in [1.807, 2.05) is 0 Å². The number of H-pyrrole nitrogens is 1. The van der Waals surface area contributed by atoms with E-state index in [9.17, 15) is 22.4 Å². The zero-order valence-corrected chi connectivity index (χ0v) is 15.7. The first-order valence-corrected chi connectivity index (χ1v) is 8.86. The SMILES string of the molecule is CCC(F)F.Cc1[nH]ncc1NC(=O)c1nc(-c2c(F)cccc2F)sc1N. The van der Waals surface area contributed by atoms with Gasteiger partial charge in [-0.3, -0.25) is 9.89 Å². The van der Waals surface area contributed by atoms with Crippen LogP contribution in [0.1, 0.15) is 29.5 Å². The molecule has 2 aromatic heterocycles. The quantitative estimate of drug-likeness (QED) is 0.542. The minimum Gasteiger partial charge on any atom is -0.389 e. The molecule has 11 heteroatoms. The summed E-state index contributed by atoms with van der Waals surface area (Å²) in [6, 6.07) is 3.48. The average molecular weight is 415 g/mol. The first-order valence-electron chi connectivity index (χ1n) is 8.04. The molecule has 6 nitrogen and oxygen atoms in total. The van der Waals surface area contributed by atoms with Gasteiger partial charge in [-0.05, 0) is 19.1 Å². The fraction of sp³-hybridized carbons (Fsp3) is 0.235. The molecule has 28 heavy (non-hydrogen) atoms. The molecule has 3 aromatic rings. The van der Waals surface area contributed by atoms with Gasteiger partial charge in [0, 0.05) is 6.42 Å². The van der Waals surface area contributed by atoms with Gasteiger partial charge in [0.05, 0.1) is 23.1 Å². The number of carbonyl (C=O) groups is 1. The topological polar surface area (TPSA) is 96.7 Å². The Labute approximate surface area is 161 Å². The van der Waals surface area contributed by atoms with Gasteiger partial charge in [0.2, 0.25) is 6.43 Å². The van der Waals surface area contributed by atoms with Crippen molar-refractivity contribution in [2.24, 2.45) is 0 Å². The number of nitrogen functional groups attached to an aromatic ring is 1. The summed E-state index contributed by atoms with van der Waals surface area (Å²) in [5, 5.41) is 9.11. The van der Waals surface area contributed by atoms with Crippen LogP contribution in [0.2, 0.25) is 0 Å². The van der Waals surface area contributed by atoms with Crippen LogP contribution in [0.3, 0.4) is 0 Å². The molecular weight excluding hydrogens is 398 g/mol. The van der Waals surface area contributed by atoms with Crippen molar-refractivity contribution in [2.45, 2.75) is 26.7 Å². The number of anilines is 2. The summed E-state index contributed by atoms with van der Waals surface area (Å²) in [6.45, 7) is 3.18. The summed E-state index contributed by atoms with van der Waals surface area (Å²) in [4.78, 5) is 16.2. The van der Waals surface area contributed by atoms with Gasteiger partial charge < -0.3 is 11.1 Å². The van der Waals surface area contributed by atoms with Crippen molar-refractivity contribution in [3.05, 3.63) is 47.4 Å². The first kappa shape index (κ1) is 21.4. The number of alkyl halides is 2. The number of nitrogens with two attached hydrogens (primary N) is 1. The zero-order chi connectivity index (χ0) is 20.8. The Kier molecular flexibility index (Phi) is 7.10. The number of amides is 1. The lowest BCUT2D eigenvalue weighted by Crippen LogP contribution is -2.14. The van der Waals surface area contributed by atoms with Crippen molar-refractivity contribution < 1.29 is 22.4 Å². The molecule has 1 amide bonds. The molecule has 0 spiro atoms. The fourth-order valence-corrected chi connectivity index (χ4v) is 2.84. The molecule has 0 atom stereocenters. The van der Waals surface area contributed by atoms with Crippen molar-refractivity contribution in [3.63, 3.8) is 0 Å². The Morgan fingerprint density at radius 1 is 1.32 bits per heavy atom. The van der Waals surface area contributed by atoms with Crippen LogP contribution in [-0.2, 0) is 0 Å². The van der Waals surface area contributed by atoms with Crippen LogP contribution in [0.25, 0.3) is 10.6 Å². The lowest BCUT2D eigenvalue weighted by atomic mass is 10.2. The minimum atomic E-state index is -2.12. The summed E-state index contributed by atoms with van der Waals surface area (Å²) in [5.41, 5.74) is 6.51. The van der Waals surface area contributed by atoms with Gasteiger partial charge >= 0.3 is 0 Å². The second kappa shape index (κ2) is 9.31. The molecule has 0 saturated carbocycles. The van der Waals surface area contributed by atoms with Crippen LogP contribution >= 0.6 is 11.3 Å². The van der Waals surface area contributed by atoms with E-state index in [-0.39, 0.29) is 27.7 Å². The summed E-state index contributed by atoms with van der Waals surface area (Å²) in [5.74, 6) is -2.11. The Morgan fingerprint density at radius 2 is 1.93 bits per heavy atom. The summed E-state index contributed by atoms with van der Waals surface area (Å²) < 4.78 is 49.1. The molecule has 1 aromatic carbocycles. The molecule has 4 N–H and O–H groups in total. The van der Waals surface area contributed by atoms with E-state index in [2.05, 4.69) is 20.5 Å². The second-order valence-corrected chi connectivity index (χ2v) is 6.52. The Balaban J connectivity index is 0.000000500. The number of nitrogens with zero attached hydrogens (tertiary/aromatic N) is 2. The molecular formula is C17H17F4N5OS. The summed E-state index contributed by atoms with van der Waals surface area (Å²) >= 11 is 0.843. The number of aromatic amines is 1. The van der Waals surface area contributed by atoms with Crippen molar-refractivity contribution in [1.29, 1.82) is 0 Å². The third kappa shape index (κ3) is 5.06. The van der Waals surface area contributed by atoms with Gasteiger partial charge in [0.1, 0.15) is 21.6 Å². The Hall–Kier alpha value is -2.95. The van der Waals surface area contributed by atoms with E-state index in [1.165, 1.54) is 19.2 Å². The molecule has 0 radical (unpaired) electrons. The van der Waals surface area contributed by atoms with Crippen molar-refractivity contribution in [3.8, 4) is 10.6 Å². The van der Waals surface area contributed by atoms with E-state index in [1.54, 1.807) is 6.92 Å². The Morgan fingerprint density at radius 3 is 2.43 bits per heavy atom. The highest BCUT2D eigenvalue weighted by atomic mass is 32.1. The number of aromatic nitrogens is 3. The number of hydrogen-bond acceptors (Lipinski definition) is 5. The molecule has 0 aliphatic carbocycles. The molecule has 0 aliphatic heterocycles. The fourth-order valence-electron chi connectivity index (χ4n) is 1.96. The third-order valence-corrected chi connectivity index (χ3v) is 4.33. The van der Waals surface area contributed by atoms with Crippen molar-refractivity contribution in [1.82, 2.24) is 15.2 Å². The van der Waals surface area contributed by atoms with E-state index < -0.39 is 24.0 Å². The van der Waals surface area contributed by atoms with Gasteiger partial charge in [0.15, 0.2) is 5.69 Å². The molecule has 0 aliphatic rings. The van der Waals surface area contributed by atoms with Crippen LogP contribution in [0.4, 0.5) is 28.3 Å². The predicted octanol–water partition coefficient (Wildman–Crippen LogP) is 4.62. The normalized spacial score (nSPS) is 10.5. The monoisotopic (exact) mass is 415 g/mol. The van der Waals surface area contributed by atoms with Crippen LogP contribution in [-0.4, -0.2) is 27.5 Å². The van der Waals surface area contributed by atoms with Gasteiger partial charge in [-0.2, -0.15) is 5.10 Å². The summed E-state index contributed by atoms with van der Waals surface area (Å²) in [7, 11) is 0. The largest absolute Gasteiger partial charge is 0.389 e. The van der Waals surface area contributed by atoms with Crippen LogP contribution in [0, 0.1) is 18.6 Å². The molecule has 0 saturated heterocycles. The van der Waals surface area contributed by atoms with Gasteiger partial charge in [-0.1, -0.05) is 24.3 Å². The number of halogens is 4. The lowest BCUT2D eigenvalue weighted by Gasteiger charge is -2.02. The van der Waals surface area contributed by atoms with E-state index in [4.69, 9.17) is 5.73 Å². The molecule has 0 unspecified atom stereocenters.